The zero-order chi connectivity index (χ0) is 15.6. The second-order valence-electron chi connectivity index (χ2n) is 5.42. The van der Waals surface area contributed by atoms with Crippen LogP contribution in [0.1, 0.15) is 35.9 Å². The van der Waals surface area contributed by atoms with Gasteiger partial charge in [0.2, 0.25) is 0 Å². The summed E-state index contributed by atoms with van der Waals surface area (Å²) in [7, 11) is 0. The molecule has 1 atom stereocenters. The van der Waals surface area contributed by atoms with Gasteiger partial charge >= 0.3 is 0 Å². The van der Waals surface area contributed by atoms with Crippen molar-refractivity contribution in [1.29, 1.82) is 0 Å². The van der Waals surface area contributed by atoms with Crippen LogP contribution >= 0.6 is 15.9 Å². The number of hydrogen-bond donors (Lipinski definition) is 1. The number of aryl methyl sites for hydroxylation is 1. The summed E-state index contributed by atoms with van der Waals surface area (Å²) < 4.78 is 16.6. The summed E-state index contributed by atoms with van der Waals surface area (Å²) in [6.45, 7) is 6.52. The maximum absolute atomic E-state index is 13.9. The highest BCUT2D eigenvalue weighted by Crippen LogP contribution is 2.20. The third kappa shape index (κ3) is 3.71. The average Bonchev–Trinajstić information content (AvgIpc) is 2.70. The van der Waals surface area contributed by atoms with E-state index in [0.29, 0.717) is 12.1 Å². The van der Waals surface area contributed by atoms with E-state index in [2.05, 4.69) is 28.0 Å². The van der Waals surface area contributed by atoms with Crippen LogP contribution in [0.4, 0.5) is 4.39 Å². The Kier molecular flexibility index (Phi) is 5.17. The Hall–Kier alpha value is -1.20. The minimum atomic E-state index is -0.211. The summed E-state index contributed by atoms with van der Waals surface area (Å²) in [5, 5.41) is 4.54. The van der Waals surface area contributed by atoms with E-state index >= 15 is 0 Å². The van der Waals surface area contributed by atoms with Crippen molar-refractivity contribution in [3.8, 4) is 0 Å². The van der Waals surface area contributed by atoms with E-state index in [-0.39, 0.29) is 11.9 Å². The first-order valence-corrected chi connectivity index (χ1v) is 7.94. The molecule has 0 aliphatic heterocycles. The number of benzene rings is 1. The Balaban J connectivity index is 2.29. The molecule has 1 heterocycles. The van der Waals surface area contributed by atoms with Gasteiger partial charge in [-0.15, -0.1) is 0 Å². The molecule has 0 saturated carbocycles. The topological polar surface area (TPSA) is 43.8 Å². The Morgan fingerprint density at radius 3 is 2.76 bits per heavy atom. The number of nitrogens with zero attached hydrogens (tertiary/aromatic N) is 2. The molecule has 0 saturated heterocycles. The van der Waals surface area contributed by atoms with Crippen molar-refractivity contribution >= 4 is 15.9 Å². The van der Waals surface area contributed by atoms with E-state index in [1.165, 1.54) is 11.6 Å². The third-order valence-corrected chi connectivity index (χ3v) is 4.34. The molecule has 0 aliphatic carbocycles. The Morgan fingerprint density at radius 2 is 2.10 bits per heavy atom. The van der Waals surface area contributed by atoms with Crippen molar-refractivity contribution < 1.29 is 4.39 Å². The molecule has 3 nitrogen and oxygen atoms in total. The van der Waals surface area contributed by atoms with Crippen molar-refractivity contribution in [1.82, 2.24) is 9.78 Å². The normalized spacial score (nSPS) is 12.7. The number of halogens is 2. The van der Waals surface area contributed by atoms with Gasteiger partial charge in [-0.2, -0.15) is 5.10 Å². The molecular formula is C16H21BrFN3. The Morgan fingerprint density at radius 1 is 1.38 bits per heavy atom. The van der Waals surface area contributed by atoms with E-state index < -0.39 is 0 Å². The molecule has 1 aromatic heterocycles. The summed E-state index contributed by atoms with van der Waals surface area (Å²) in [5.74, 6) is -0.211. The number of rotatable bonds is 5. The number of hydrogen-bond acceptors (Lipinski definition) is 2. The molecular weight excluding hydrogens is 333 g/mol. The Bertz CT molecular complexity index is 637. The van der Waals surface area contributed by atoms with Gasteiger partial charge in [0.15, 0.2) is 0 Å². The van der Waals surface area contributed by atoms with Gasteiger partial charge in [-0.1, -0.05) is 22.9 Å². The first kappa shape index (κ1) is 16.2. The molecule has 1 unspecified atom stereocenters. The largest absolute Gasteiger partial charge is 0.327 e. The van der Waals surface area contributed by atoms with Gasteiger partial charge in [-0.05, 0) is 50.5 Å². The fourth-order valence-electron chi connectivity index (χ4n) is 2.42. The number of aromatic nitrogens is 2. The highest BCUT2D eigenvalue weighted by Gasteiger charge is 2.15. The van der Waals surface area contributed by atoms with Crippen molar-refractivity contribution in [2.24, 2.45) is 5.73 Å². The van der Waals surface area contributed by atoms with Crippen molar-refractivity contribution in [3.63, 3.8) is 0 Å². The fraction of sp³-hybridized carbons (Fsp3) is 0.438. The molecule has 2 aromatic rings. The molecule has 114 valence electrons. The third-order valence-electron chi connectivity index (χ3n) is 3.85. The summed E-state index contributed by atoms with van der Waals surface area (Å²) in [6.07, 6.45) is 1.75. The van der Waals surface area contributed by atoms with Crippen LogP contribution in [0.3, 0.4) is 0 Å². The van der Waals surface area contributed by atoms with Crippen LogP contribution in [-0.2, 0) is 13.0 Å². The number of nitrogens with two attached hydrogens (primary N) is 1. The van der Waals surface area contributed by atoms with Crippen molar-refractivity contribution in [2.45, 2.75) is 46.2 Å². The van der Waals surface area contributed by atoms with Crippen LogP contribution in [0.15, 0.2) is 22.7 Å². The van der Waals surface area contributed by atoms with Gasteiger partial charge in [-0.3, -0.25) is 4.68 Å². The molecule has 1 aromatic carbocycles. The molecule has 0 aliphatic rings. The van der Waals surface area contributed by atoms with E-state index in [4.69, 9.17) is 5.73 Å². The smallest absolute Gasteiger partial charge is 0.128 e. The fourth-order valence-corrected chi connectivity index (χ4v) is 2.82. The minimum Gasteiger partial charge on any atom is -0.327 e. The lowest BCUT2D eigenvalue weighted by Gasteiger charge is -2.10. The minimum absolute atomic E-state index is 0.141. The zero-order valence-corrected chi connectivity index (χ0v) is 14.2. The molecule has 21 heavy (non-hydrogen) atoms. The van der Waals surface area contributed by atoms with Gasteiger partial charge in [0.1, 0.15) is 5.82 Å². The quantitative estimate of drug-likeness (QED) is 0.889. The maximum atomic E-state index is 13.9. The van der Waals surface area contributed by atoms with Gasteiger partial charge in [-0.25, -0.2) is 4.39 Å². The molecule has 0 radical (unpaired) electrons. The highest BCUT2D eigenvalue weighted by atomic mass is 79.9. The van der Waals surface area contributed by atoms with Gasteiger partial charge in [0, 0.05) is 21.8 Å². The SMILES string of the molecule is CCC(N)Cc1c(C)nn(Cc2cc(Br)ccc2F)c1C. The van der Waals surface area contributed by atoms with E-state index in [9.17, 15) is 4.39 Å². The highest BCUT2D eigenvalue weighted by molar-refractivity contribution is 9.10. The summed E-state index contributed by atoms with van der Waals surface area (Å²) in [4.78, 5) is 0. The second-order valence-corrected chi connectivity index (χ2v) is 6.33. The monoisotopic (exact) mass is 353 g/mol. The molecule has 0 bridgehead atoms. The first-order valence-electron chi connectivity index (χ1n) is 7.14. The van der Waals surface area contributed by atoms with Crippen LogP contribution in [0.5, 0.6) is 0 Å². The predicted molar refractivity (Wildman–Crippen MR) is 86.9 cm³/mol. The average molecular weight is 354 g/mol. The molecule has 0 amide bonds. The second kappa shape index (κ2) is 6.71. The summed E-state index contributed by atoms with van der Waals surface area (Å²) in [6, 6.07) is 5.11. The lowest BCUT2D eigenvalue weighted by molar-refractivity contribution is 0.577. The molecule has 0 fully saturated rings. The van der Waals surface area contributed by atoms with Crippen molar-refractivity contribution in [2.75, 3.05) is 0 Å². The first-order chi connectivity index (χ1) is 9.92. The van der Waals surface area contributed by atoms with Crippen LogP contribution in [-0.4, -0.2) is 15.8 Å². The van der Waals surface area contributed by atoms with Gasteiger partial charge < -0.3 is 5.73 Å². The van der Waals surface area contributed by atoms with Gasteiger partial charge in [0.25, 0.3) is 0 Å². The maximum Gasteiger partial charge on any atom is 0.128 e. The van der Waals surface area contributed by atoms with Crippen LogP contribution in [0.25, 0.3) is 0 Å². The van der Waals surface area contributed by atoms with E-state index in [0.717, 1.165) is 28.7 Å². The van der Waals surface area contributed by atoms with Crippen LogP contribution in [0, 0.1) is 19.7 Å². The van der Waals surface area contributed by atoms with Crippen LogP contribution < -0.4 is 5.73 Å². The van der Waals surface area contributed by atoms with Crippen LogP contribution in [0.2, 0.25) is 0 Å². The summed E-state index contributed by atoms with van der Waals surface area (Å²) in [5.41, 5.74) is 9.90. The zero-order valence-electron chi connectivity index (χ0n) is 12.7. The van der Waals surface area contributed by atoms with Crippen molar-refractivity contribution in [3.05, 3.63) is 51.0 Å². The van der Waals surface area contributed by atoms with E-state index in [1.807, 2.05) is 18.5 Å². The van der Waals surface area contributed by atoms with E-state index in [1.54, 1.807) is 12.1 Å². The van der Waals surface area contributed by atoms with Gasteiger partial charge in [0.05, 0.1) is 12.2 Å². The predicted octanol–water partition coefficient (Wildman–Crippen LogP) is 3.73. The lowest BCUT2D eigenvalue weighted by atomic mass is 10.0. The molecule has 2 N–H and O–H groups in total. The molecule has 5 heteroatoms. The lowest BCUT2D eigenvalue weighted by Crippen LogP contribution is -2.22. The molecule has 0 spiro atoms. The Labute approximate surface area is 133 Å². The summed E-state index contributed by atoms with van der Waals surface area (Å²) >= 11 is 3.38. The molecule has 2 rings (SSSR count). The standard InChI is InChI=1S/C16H21BrFN3/c1-4-14(19)8-15-10(2)20-21(11(15)3)9-12-7-13(17)5-6-16(12)18/h5-7,14H,4,8-9,19H2,1-3H3.